The van der Waals surface area contributed by atoms with Crippen LogP contribution in [0.5, 0.6) is 0 Å². The highest BCUT2D eigenvalue weighted by Gasteiger charge is 2.37. The molecule has 0 amide bonds. The van der Waals surface area contributed by atoms with Crippen LogP contribution >= 0.6 is 0 Å². The fraction of sp³-hybridized carbons (Fsp3) is 0.594. The summed E-state index contributed by atoms with van der Waals surface area (Å²) < 4.78 is 0. The molecule has 0 bridgehead atoms. The Bertz CT molecular complexity index is 847. The molecule has 3 rings (SSSR count). The van der Waals surface area contributed by atoms with Crippen LogP contribution in [0.25, 0.3) is 11.1 Å². The van der Waals surface area contributed by atoms with Crippen molar-refractivity contribution in [2.45, 2.75) is 110 Å². The number of nitriles is 1. The van der Waals surface area contributed by atoms with E-state index in [1.807, 2.05) is 0 Å². The Labute approximate surface area is 203 Å². The van der Waals surface area contributed by atoms with E-state index in [0.717, 1.165) is 24.7 Å². The third kappa shape index (κ3) is 7.20. The molecule has 33 heavy (non-hydrogen) atoms. The van der Waals surface area contributed by atoms with E-state index in [1.165, 1.54) is 92.9 Å². The second-order valence-corrected chi connectivity index (χ2v) is 10.7. The van der Waals surface area contributed by atoms with E-state index in [-0.39, 0.29) is 5.41 Å². The molecule has 1 nitrogen and oxygen atoms in total. The first-order chi connectivity index (χ1) is 16.1. The number of nitrogens with zero attached hydrogens (tertiary/aromatic N) is 1. The van der Waals surface area contributed by atoms with Gasteiger partial charge in [0.25, 0.3) is 0 Å². The molecule has 2 aromatic carbocycles. The van der Waals surface area contributed by atoms with E-state index in [9.17, 15) is 5.26 Å². The maximum atomic E-state index is 10.1. The van der Waals surface area contributed by atoms with Crippen LogP contribution in [0.2, 0.25) is 0 Å². The van der Waals surface area contributed by atoms with Gasteiger partial charge in [0, 0.05) is 0 Å². The van der Waals surface area contributed by atoms with Crippen LogP contribution in [-0.2, 0) is 11.8 Å². The summed E-state index contributed by atoms with van der Waals surface area (Å²) in [5.74, 6) is 1.61. The molecule has 0 aromatic heterocycles. The largest absolute Gasteiger partial charge is 0.197 e. The van der Waals surface area contributed by atoms with Gasteiger partial charge in [-0.05, 0) is 79.0 Å². The molecule has 0 aliphatic heterocycles. The minimum absolute atomic E-state index is 0.286. The van der Waals surface area contributed by atoms with E-state index in [2.05, 4.69) is 75.4 Å². The lowest BCUT2D eigenvalue weighted by molar-refractivity contribution is 0.241. The summed E-state index contributed by atoms with van der Waals surface area (Å²) in [5.41, 5.74) is 4.91. The minimum atomic E-state index is -0.286. The van der Waals surface area contributed by atoms with Crippen molar-refractivity contribution in [1.29, 1.82) is 5.26 Å². The molecule has 2 aromatic rings. The third-order valence-electron chi connectivity index (χ3n) is 8.15. The molecule has 178 valence electrons. The van der Waals surface area contributed by atoms with Gasteiger partial charge in [0.1, 0.15) is 0 Å². The molecule has 0 heterocycles. The standard InChI is InChI=1S/C32H45N/c1-4-6-7-8-9-10-11-27-12-14-29(15-13-27)30-16-18-31(19-17-30)32(25-33)22-20-28(21-23-32)24-26(3)5-2/h12-19,26,28H,4-11,20-24H2,1-3H3. The van der Waals surface area contributed by atoms with Crippen molar-refractivity contribution in [3.63, 3.8) is 0 Å². The van der Waals surface area contributed by atoms with Gasteiger partial charge in [-0.25, -0.2) is 0 Å². The highest BCUT2D eigenvalue weighted by atomic mass is 14.4. The quantitative estimate of drug-likeness (QED) is 0.299. The first-order valence-corrected chi connectivity index (χ1v) is 13.7. The van der Waals surface area contributed by atoms with Crippen LogP contribution in [0.4, 0.5) is 0 Å². The predicted octanol–water partition coefficient (Wildman–Crippen LogP) is 9.64. The molecule has 1 aliphatic carbocycles. The maximum Gasteiger partial charge on any atom is 0.0822 e. The molecule has 0 saturated heterocycles. The van der Waals surface area contributed by atoms with Gasteiger partial charge in [-0.3, -0.25) is 0 Å². The lowest BCUT2D eigenvalue weighted by atomic mass is 9.66. The second kappa shape index (κ2) is 13.0. The smallest absolute Gasteiger partial charge is 0.0822 e. The average molecular weight is 444 g/mol. The zero-order valence-corrected chi connectivity index (χ0v) is 21.4. The minimum Gasteiger partial charge on any atom is -0.197 e. The summed E-state index contributed by atoms with van der Waals surface area (Å²) >= 11 is 0. The Hall–Kier alpha value is -2.07. The monoisotopic (exact) mass is 443 g/mol. The highest BCUT2D eigenvalue weighted by molar-refractivity contribution is 5.64. The van der Waals surface area contributed by atoms with Gasteiger partial charge in [0.15, 0.2) is 0 Å². The van der Waals surface area contributed by atoms with E-state index < -0.39 is 0 Å². The summed E-state index contributed by atoms with van der Waals surface area (Å²) in [7, 11) is 0. The van der Waals surface area contributed by atoms with E-state index >= 15 is 0 Å². The van der Waals surface area contributed by atoms with Gasteiger partial charge >= 0.3 is 0 Å². The molecule has 0 spiro atoms. The van der Waals surface area contributed by atoms with Crippen molar-refractivity contribution in [3.8, 4) is 17.2 Å². The van der Waals surface area contributed by atoms with Crippen molar-refractivity contribution < 1.29 is 0 Å². The van der Waals surface area contributed by atoms with E-state index in [0.29, 0.717) is 0 Å². The van der Waals surface area contributed by atoms with Crippen LogP contribution in [-0.4, -0.2) is 0 Å². The van der Waals surface area contributed by atoms with Crippen molar-refractivity contribution in [3.05, 3.63) is 59.7 Å². The Balaban J connectivity index is 1.55. The maximum absolute atomic E-state index is 10.1. The predicted molar refractivity (Wildman–Crippen MR) is 142 cm³/mol. The van der Waals surface area contributed by atoms with Gasteiger partial charge in [-0.1, -0.05) is 108 Å². The number of aryl methyl sites for hydroxylation is 1. The topological polar surface area (TPSA) is 23.8 Å². The van der Waals surface area contributed by atoms with Gasteiger partial charge in [0.2, 0.25) is 0 Å². The fourth-order valence-electron chi connectivity index (χ4n) is 5.56. The van der Waals surface area contributed by atoms with Crippen LogP contribution in [0.3, 0.4) is 0 Å². The highest BCUT2D eigenvalue weighted by Crippen LogP contribution is 2.43. The number of hydrogen-bond acceptors (Lipinski definition) is 1. The molecule has 1 saturated carbocycles. The summed E-state index contributed by atoms with van der Waals surface area (Å²) in [5, 5.41) is 10.1. The Morgan fingerprint density at radius 3 is 2.00 bits per heavy atom. The molecule has 0 N–H and O–H groups in total. The molecule has 0 radical (unpaired) electrons. The van der Waals surface area contributed by atoms with E-state index in [1.54, 1.807) is 0 Å². The van der Waals surface area contributed by atoms with Crippen LogP contribution < -0.4 is 0 Å². The Morgan fingerprint density at radius 2 is 1.42 bits per heavy atom. The second-order valence-electron chi connectivity index (χ2n) is 10.7. The third-order valence-corrected chi connectivity index (χ3v) is 8.15. The molecular formula is C32H45N. The van der Waals surface area contributed by atoms with Crippen molar-refractivity contribution in [2.24, 2.45) is 11.8 Å². The van der Waals surface area contributed by atoms with Crippen LogP contribution in [0, 0.1) is 23.2 Å². The molecule has 1 unspecified atom stereocenters. The number of hydrogen-bond donors (Lipinski definition) is 0. The van der Waals surface area contributed by atoms with Gasteiger partial charge in [-0.2, -0.15) is 5.26 Å². The first kappa shape index (κ1) is 25.6. The van der Waals surface area contributed by atoms with Crippen molar-refractivity contribution >= 4 is 0 Å². The molecule has 1 fully saturated rings. The number of benzene rings is 2. The van der Waals surface area contributed by atoms with Crippen molar-refractivity contribution in [1.82, 2.24) is 0 Å². The summed E-state index contributed by atoms with van der Waals surface area (Å²) in [6, 6.07) is 20.7. The summed E-state index contributed by atoms with van der Waals surface area (Å²) in [4.78, 5) is 0. The molecular weight excluding hydrogens is 398 g/mol. The zero-order chi connectivity index (χ0) is 23.5. The normalized spacial score (nSPS) is 21.5. The van der Waals surface area contributed by atoms with Gasteiger partial charge in [0.05, 0.1) is 11.5 Å². The zero-order valence-electron chi connectivity index (χ0n) is 21.4. The van der Waals surface area contributed by atoms with E-state index in [4.69, 9.17) is 0 Å². The molecule has 1 atom stereocenters. The van der Waals surface area contributed by atoms with Gasteiger partial charge in [-0.15, -0.1) is 0 Å². The number of unbranched alkanes of at least 4 members (excludes halogenated alkanes) is 5. The first-order valence-electron chi connectivity index (χ1n) is 13.7. The number of rotatable bonds is 12. The molecule has 1 heteroatoms. The summed E-state index contributed by atoms with van der Waals surface area (Å²) in [6.07, 6.45) is 16.3. The lowest BCUT2D eigenvalue weighted by Gasteiger charge is -2.36. The van der Waals surface area contributed by atoms with Crippen LogP contribution in [0.1, 0.15) is 109 Å². The fourth-order valence-corrected chi connectivity index (χ4v) is 5.56. The Kier molecular flexibility index (Phi) is 10.1. The summed E-state index contributed by atoms with van der Waals surface area (Å²) in [6.45, 7) is 6.93. The SMILES string of the molecule is CCCCCCCCc1ccc(-c2ccc(C3(C#N)CCC(CC(C)CC)CC3)cc2)cc1. The van der Waals surface area contributed by atoms with Gasteiger partial charge < -0.3 is 0 Å². The lowest BCUT2D eigenvalue weighted by Crippen LogP contribution is -2.30. The van der Waals surface area contributed by atoms with Crippen LogP contribution in [0.15, 0.2) is 48.5 Å². The Morgan fingerprint density at radius 1 is 0.848 bits per heavy atom. The van der Waals surface area contributed by atoms with Crippen molar-refractivity contribution in [2.75, 3.05) is 0 Å². The average Bonchev–Trinajstić information content (AvgIpc) is 2.87. The molecule has 1 aliphatic rings.